The van der Waals surface area contributed by atoms with Gasteiger partial charge in [0.15, 0.2) is 0 Å². The fourth-order valence-corrected chi connectivity index (χ4v) is 2.40. The standard InChI is InChI=1S/C14H14Cl2N2/c15-11-7-3-1-5-9(11)13(17)14(18)10-6-2-4-8-12(10)16/h1-8,13-14H,17-18H2/t13-,14-/m1/s1. The molecule has 2 atom stereocenters. The van der Waals surface area contributed by atoms with Crippen molar-refractivity contribution in [2.45, 2.75) is 12.1 Å². The molecule has 4 N–H and O–H groups in total. The first-order valence-corrected chi connectivity index (χ1v) is 6.37. The predicted octanol–water partition coefficient (Wildman–Crippen LogP) is 3.69. The lowest BCUT2D eigenvalue weighted by Crippen LogP contribution is -2.27. The second-order valence-electron chi connectivity index (χ2n) is 4.09. The van der Waals surface area contributed by atoms with Crippen molar-refractivity contribution >= 4 is 23.2 Å². The summed E-state index contributed by atoms with van der Waals surface area (Å²) in [6.07, 6.45) is 0. The average Bonchev–Trinajstić information content (AvgIpc) is 2.38. The van der Waals surface area contributed by atoms with Gasteiger partial charge in [0, 0.05) is 10.0 Å². The summed E-state index contributed by atoms with van der Waals surface area (Å²) < 4.78 is 0. The summed E-state index contributed by atoms with van der Waals surface area (Å²) in [6.45, 7) is 0. The SMILES string of the molecule is N[C@H](c1ccccc1Cl)[C@H](N)c1ccccc1Cl. The average molecular weight is 281 g/mol. The third kappa shape index (κ3) is 2.68. The van der Waals surface area contributed by atoms with Crippen LogP contribution >= 0.6 is 23.2 Å². The van der Waals surface area contributed by atoms with Crippen LogP contribution < -0.4 is 11.5 Å². The molecular formula is C14H14Cl2N2. The molecule has 2 aromatic rings. The maximum Gasteiger partial charge on any atom is 0.0506 e. The van der Waals surface area contributed by atoms with Crippen LogP contribution in [0.3, 0.4) is 0 Å². The Bertz CT molecular complexity index is 493. The summed E-state index contributed by atoms with van der Waals surface area (Å²) in [5, 5.41) is 1.24. The summed E-state index contributed by atoms with van der Waals surface area (Å²) >= 11 is 12.2. The molecular weight excluding hydrogens is 267 g/mol. The maximum atomic E-state index is 6.17. The molecule has 2 rings (SSSR count). The van der Waals surface area contributed by atoms with Crippen molar-refractivity contribution in [3.05, 3.63) is 69.7 Å². The van der Waals surface area contributed by atoms with Crippen molar-refractivity contribution in [2.75, 3.05) is 0 Å². The first kappa shape index (κ1) is 13.4. The van der Waals surface area contributed by atoms with Gasteiger partial charge in [0.05, 0.1) is 12.1 Å². The van der Waals surface area contributed by atoms with Crippen molar-refractivity contribution in [2.24, 2.45) is 11.5 Å². The quantitative estimate of drug-likeness (QED) is 0.901. The summed E-state index contributed by atoms with van der Waals surface area (Å²) in [7, 11) is 0. The van der Waals surface area contributed by atoms with Crippen molar-refractivity contribution < 1.29 is 0 Å². The van der Waals surface area contributed by atoms with Gasteiger partial charge in [0.1, 0.15) is 0 Å². The van der Waals surface area contributed by atoms with E-state index >= 15 is 0 Å². The number of halogens is 2. The fraction of sp³-hybridized carbons (Fsp3) is 0.143. The van der Waals surface area contributed by atoms with Crippen LogP contribution in [0.15, 0.2) is 48.5 Å². The third-order valence-corrected chi connectivity index (χ3v) is 3.60. The Morgan fingerprint density at radius 3 is 1.33 bits per heavy atom. The van der Waals surface area contributed by atoms with Crippen LogP contribution in [0.1, 0.15) is 23.2 Å². The zero-order valence-corrected chi connectivity index (χ0v) is 11.2. The number of rotatable bonds is 3. The molecule has 0 fully saturated rings. The lowest BCUT2D eigenvalue weighted by atomic mass is 9.95. The molecule has 0 bridgehead atoms. The van der Waals surface area contributed by atoms with Crippen LogP contribution in [0.2, 0.25) is 10.0 Å². The first-order valence-electron chi connectivity index (χ1n) is 5.61. The van der Waals surface area contributed by atoms with E-state index in [1.54, 1.807) is 12.1 Å². The molecule has 0 aliphatic rings. The van der Waals surface area contributed by atoms with Crippen molar-refractivity contribution in [1.29, 1.82) is 0 Å². The second kappa shape index (κ2) is 5.72. The molecule has 0 heterocycles. The minimum absolute atomic E-state index is 0.390. The van der Waals surface area contributed by atoms with Gasteiger partial charge in [-0.25, -0.2) is 0 Å². The highest BCUT2D eigenvalue weighted by Gasteiger charge is 2.20. The van der Waals surface area contributed by atoms with E-state index in [0.29, 0.717) is 10.0 Å². The van der Waals surface area contributed by atoms with Crippen LogP contribution in [0, 0.1) is 0 Å². The largest absolute Gasteiger partial charge is 0.322 e. The molecule has 0 amide bonds. The molecule has 0 unspecified atom stereocenters. The molecule has 0 spiro atoms. The van der Waals surface area contributed by atoms with E-state index in [9.17, 15) is 0 Å². The second-order valence-corrected chi connectivity index (χ2v) is 4.91. The topological polar surface area (TPSA) is 52.0 Å². The third-order valence-electron chi connectivity index (χ3n) is 2.92. The Hall–Kier alpha value is -1.06. The van der Waals surface area contributed by atoms with E-state index < -0.39 is 12.1 Å². The van der Waals surface area contributed by atoms with Gasteiger partial charge in [0.2, 0.25) is 0 Å². The highest BCUT2D eigenvalue weighted by Crippen LogP contribution is 2.32. The van der Waals surface area contributed by atoms with Crippen molar-refractivity contribution in [1.82, 2.24) is 0 Å². The van der Waals surface area contributed by atoms with Crippen LogP contribution in [-0.4, -0.2) is 0 Å². The highest BCUT2D eigenvalue weighted by molar-refractivity contribution is 6.31. The van der Waals surface area contributed by atoms with Gasteiger partial charge < -0.3 is 11.5 Å². The molecule has 0 aromatic heterocycles. The molecule has 0 aliphatic carbocycles. The summed E-state index contributed by atoms with van der Waals surface area (Å²) in [6, 6.07) is 14.1. The normalized spacial score (nSPS) is 14.2. The van der Waals surface area contributed by atoms with Gasteiger partial charge in [-0.05, 0) is 23.3 Å². The molecule has 4 heteroatoms. The summed E-state index contributed by atoms with van der Waals surface area (Å²) in [5.41, 5.74) is 14.0. The zero-order valence-electron chi connectivity index (χ0n) is 9.68. The Morgan fingerprint density at radius 2 is 1.00 bits per heavy atom. The number of benzene rings is 2. The Morgan fingerprint density at radius 1 is 0.667 bits per heavy atom. The number of hydrogen-bond donors (Lipinski definition) is 2. The minimum atomic E-state index is -0.390. The van der Waals surface area contributed by atoms with Gasteiger partial charge in [0.25, 0.3) is 0 Å². The van der Waals surface area contributed by atoms with Crippen LogP contribution in [0.25, 0.3) is 0 Å². The van der Waals surface area contributed by atoms with E-state index in [0.717, 1.165) is 11.1 Å². The van der Waals surface area contributed by atoms with Crippen LogP contribution in [0.4, 0.5) is 0 Å². The Kier molecular flexibility index (Phi) is 4.25. The van der Waals surface area contributed by atoms with Crippen LogP contribution in [-0.2, 0) is 0 Å². The van der Waals surface area contributed by atoms with E-state index in [1.807, 2.05) is 36.4 Å². The van der Waals surface area contributed by atoms with E-state index in [1.165, 1.54) is 0 Å². The minimum Gasteiger partial charge on any atom is -0.322 e. The molecule has 94 valence electrons. The maximum absolute atomic E-state index is 6.17. The summed E-state index contributed by atoms with van der Waals surface area (Å²) in [5.74, 6) is 0. The lowest BCUT2D eigenvalue weighted by Gasteiger charge is -2.22. The van der Waals surface area contributed by atoms with Gasteiger partial charge in [-0.2, -0.15) is 0 Å². The van der Waals surface area contributed by atoms with Crippen LogP contribution in [0.5, 0.6) is 0 Å². The zero-order chi connectivity index (χ0) is 13.1. The lowest BCUT2D eigenvalue weighted by molar-refractivity contribution is 0.575. The predicted molar refractivity (Wildman–Crippen MR) is 76.8 cm³/mol. The molecule has 0 saturated carbocycles. The number of hydrogen-bond acceptors (Lipinski definition) is 2. The fourth-order valence-electron chi connectivity index (χ4n) is 1.88. The molecule has 2 nitrogen and oxygen atoms in total. The van der Waals surface area contributed by atoms with E-state index in [4.69, 9.17) is 34.7 Å². The van der Waals surface area contributed by atoms with E-state index in [-0.39, 0.29) is 0 Å². The number of nitrogens with two attached hydrogens (primary N) is 2. The Labute approximate surface area is 117 Å². The van der Waals surface area contributed by atoms with E-state index in [2.05, 4.69) is 0 Å². The van der Waals surface area contributed by atoms with Crippen molar-refractivity contribution in [3.63, 3.8) is 0 Å². The molecule has 0 radical (unpaired) electrons. The van der Waals surface area contributed by atoms with Crippen molar-refractivity contribution in [3.8, 4) is 0 Å². The van der Waals surface area contributed by atoms with Gasteiger partial charge in [-0.1, -0.05) is 59.6 Å². The highest BCUT2D eigenvalue weighted by atomic mass is 35.5. The molecule has 18 heavy (non-hydrogen) atoms. The van der Waals surface area contributed by atoms with Gasteiger partial charge >= 0.3 is 0 Å². The molecule has 0 saturated heterocycles. The van der Waals surface area contributed by atoms with Gasteiger partial charge in [-0.3, -0.25) is 0 Å². The smallest absolute Gasteiger partial charge is 0.0506 e. The Balaban J connectivity index is 2.33. The molecule has 0 aliphatic heterocycles. The van der Waals surface area contributed by atoms with Gasteiger partial charge in [-0.15, -0.1) is 0 Å². The first-order chi connectivity index (χ1) is 8.61. The molecule has 2 aromatic carbocycles. The summed E-state index contributed by atoms with van der Waals surface area (Å²) in [4.78, 5) is 0. The monoisotopic (exact) mass is 280 g/mol.